The van der Waals surface area contributed by atoms with Gasteiger partial charge in [-0.2, -0.15) is 0 Å². The van der Waals surface area contributed by atoms with Crippen molar-refractivity contribution in [2.45, 2.75) is 20.0 Å². The molecule has 0 radical (unpaired) electrons. The van der Waals surface area contributed by atoms with E-state index < -0.39 is 0 Å². The van der Waals surface area contributed by atoms with E-state index in [-0.39, 0.29) is 12.3 Å². The third-order valence-corrected chi connectivity index (χ3v) is 3.69. The van der Waals surface area contributed by atoms with Crippen LogP contribution >= 0.6 is 11.3 Å². The lowest BCUT2D eigenvalue weighted by Crippen LogP contribution is -2.28. The van der Waals surface area contributed by atoms with E-state index in [4.69, 9.17) is 9.47 Å². The number of amides is 1. The van der Waals surface area contributed by atoms with Crippen LogP contribution < -0.4 is 10.1 Å². The van der Waals surface area contributed by atoms with Gasteiger partial charge < -0.3 is 14.8 Å². The molecule has 0 aromatic carbocycles. The number of hydrogen-bond donors (Lipinski definition) is 1. The van der Waals surface area contributed by atoms with Crippen molar-refractivity contribution < 1.29 is 14.3 Å². The van der Waals surface area contributed by atoms with E-state index in [1.807, 2.05) is 24.4 Å². The molecule has 6 nitrogen and oxygen atoms in total. The summed E-state index contributed by atoms with van der Waals surface area (Å²) in [6, 6.07) is 3.77. The topological polar surface area (TPSA) is 73.3 Å². The summed E-state index contributed by atoms with van der Waals surface area (Å²) >= 11 is 1.48. The van der Waals surface area contributed by atoms with Crippen molar-refractivity contribution in [2.75, 3.05) is 20.3 Å². The zero-order valence-corrected chi connectivity index (χ0v) is 13.5. The van der Waals surface area contributed by atoms with E-state index in [1.165, 1.54) is 11.3 Å². The minimum atomic E-state index is -0.0578. The van der Waals surface area contributed by atoms with E-state index >= 15 is 0 Å². The number of methoxy groups -OCH3 is 1. The number of aryl methyl sites for hydroxylation is 1. The molecule has 1 amide bonds. The van der Waals surface area contributed by atoms with E-state index in [9.17, 15) is 4.79 Å². The number of aromatic nitrogens is 2. The van der Waals surface area contributed by atoms with Crippen LogP contribution in [-0.2, 0) is 22.6 Å². The van der Waals surface area contributed by atoms with Crippen LogP contribution in [0.5, 0.6) is 5.75 Å². The molecule has 0 aliphatic rings. The Morgan fingerprint density at radius 1 is 1.41 bits per heavy atom. The molecule has 118 valence electrons. The molecule has 0 saturated heterocycles. The first-order valence-electron chi connectivity index (χ1n) is 6.91. The van der Waals surface area contributed by atoms with Crippen molar-refractivity contribution in [1.82, 2.24) is 15.3 Å². The van der Waals surface area contributed by atoms with Crippen LogP contribution in [0.2, 0.25) is 0 Å². The van der Waals surface area contributed by atoms with Gasteiger partial charge >= 0.3 is 0 Å². The molecule has 0 fully saturated rings. The summed E-state index contributed by atoms with van der Waals surface area (Å²) in [5.74, 6) is 0.650. The highest BCUT2D eigenvalue weighted by atomic mass is 32.1. The third kappa shape index (κ3) is 5.42. The Labute approximate surface area is 133 Å². The molecule has 0 aliphatic heterocycles. The lowest BCUT2D eigenvalue weighted by atomic mass is 10.3. The molecule has 2 aromatic rings. The summed E-state index contributed by atoms with van der Waals surface area (Å²) in [5, 5.41) is 5.48. The highest BCUT2D eigenvalue weighted by molar-refractivity contribution is 7.09. The second-order valence-electron chi connectivity index (χ2n) is 4.68. The first-order valence-corrected chi connectivity index (χ1v) is 7.79. The number of pyridine rings is 1. The highest BCUT2D eigenvalue weighted by Gasteiger charge is 2.08. The Hall–Kier alpha value is -1.99. The standard InChI is InChI=1S/C15H19N3O3S/c1-11-3-4-13(8-17-11)21-9-15-18-12(10-22-15)7-14(19)16-5-6-20-2/h3-4,8,10H,5-7,9H2,1-2H3,(H,16,19). The molecule has 2 heterocycles. The van der Waals surface area contributed by atoms with Gasteiger partial charge in [-0.3, -0.25) is 9.78 Å². The van der Waals surface area contributed by atoms with E-state index in [1.54, 1.807) is 13.3 Å². The summed E-state index contributed by atoms with van der Waals surface area (Å²) in [7, 11) is 1.60. The summed E-state index contributed by atoms with van der Waals surface area (Å²) in [4.78, 5) is 20.2. The molecule has 1 N–H and O–H groups in total. The molecule has 0 bridgehead atoms. The van der Waals surface area contributed by atoms with Crippen molar-refractivity contribution in [3.63, 3.8) is 0 Å². The first-order chi connectivity index (χ1) is 10.7. The number of ether oxygens (including phenoxy) is 2. The van der Waals surface area contributed by atoms with Gasteiger partial charge in [-0.05, 0) is 19.1 Å². The maximum absolute atomic E-state index is 11.7. The van der Waals surface area contributed by atoms with Gasteiger partial charge in [0.05, 0.1) is 24.9 Å². The SMILES string of the molecule is COCCNC(=O)Cc1csc(COc2ccc(C)nc2)n1. The molecule has 7 heteroatoms. The monoisotopic (exact) mass is 321 g/mol. The van der Waals surface area contributed by atoms with E-state index in [2.05, 4.69) is 15.3 Å². The normalized spacial score (nSPS) is 10.5. The lowest BCUT2D eigenvalue weighted by molar-refractivity contribution is -0.120. The predicted octanol–water partition coefficient (Wildman–Crippen LogP) is 1.73. The number of nitrogens with zero attached hydrogens (tertiary/aromatic N) is 2. The van der Waals surface area contributed by atoms with E-state index in [0.29, 0.717) is 25.5 Å². The van der Waals surface area contributed by atoms with Gasteiger partial charge in [-0.25, -0.2) is 4.98 Å². The maximum Gasteiger partial charge on any atom is 0.226 e. The quantitative estimate of drug-likeness (QED) is 0.750. The second-order valence-corrected chi connectivity index (χ2v) is 5.62. The smallest absolute Gasteiger partial charge is 0.226 e. The van der Waals surface area contributed by atoms with Crippen LogP contribution in [0.4, 0.5) is 0 Å². The van der Waals surface area contributed by atoms with E-state index in [0.717, 1.165) is 16.4 Å². The Balaban J connectivity index is 1.78. The Kier molecular flexibility index (Phi) is 6.29. The molecule has 2 rings (SSSR count). The minimum absolute atomic E-state index is 0.0578. The molecular formula is C15H19N3O3S. The second kappa shape index (κ2) is 8.45. The zero-order chi connectivity index (χ0) is 15.8. The van der Waals surface area contributed by atoms with Crippen molar-refractivity contribution in [1.29, 1.82) is 0 Å². The molecule has 0 spiro atoms. The maximum atomic E-state index is 11.7. The average Bonchev–Trinajstić information content (AvgIpc) is 2.94. The van der Waals surface area contributed by atoms with Gasteiger partial charge in [-0.1, -0.05) is 0 Å². The minimum Gasteiger partial charge on any atom is -0.485 e. The van der Waals surface area contributed by atoms with Gasteiger partial charge in [-0.15, -0.1) is 11.3 Å². The Morgan fingerprint density at radius 2 is 2.27 bits per heavy atom. The fraction of sp³-hybridized carbons (Fsp3) is 0.400. The zero-order valence-electron chi connectivity index (χ0n) is 12.7. The van der Waals surface area contributed by atoms with Crippen LogP contribution in [0.15, 0.2) is 23.7 Å². The van der Waals surface area contributed by atoms with Gasteiger partial charge in [0.2, 0.25) is 5.91 Å². The molecule has 0 saturated carbocycles. The number of carbonyl (C=O) groups excluding carboxylic acids is 1. The molecule has 0 aliphatic carbocycles. The number of thiazole rings is 1. The molecule has 2 aromatic heterocycles. The average molecular weight is 321 g/mol. The van der Waals surface area contributed by atoms with Crippen LogP contribution in [-0.4, -0.2) is 36.1 Å². The fourth-order valence-corrected chi connectivity index (χ4v) is 2.41. The fourth-order valence-electron chi connectivity index (χ4n) is 1.70. The van der Waals surface area contributed by atoms with Crippen molar-refractivity contribution in [3.8, 4) is 5.75 Å². The van der Waals surface area contributed by atoms with Gasteiger partial charge in [0, 0.05) is 24.7 Å². The molecular weight excluding hydrogens is 302 g/mol. The highest BCUT2D eigenvalue weighted by Crippen LogP contribution is 2.15. The molecule has 0 unspecified atom stereocenters. The number of hydrogen-bond acceptors (Lipinski definition) is 6. The van der Waals surface area contributed by atoms with Crippen molar-refractivity contribution in [2.24, 2.45) is 0 Å². The van der Waals surface area contributed by atoms with Gasteiger partial charge in [0.25, 0.3) is 0 Å². The Morgan fingerprint density at radius 3 is 3.00 bits per heavy atom. The van der Waals surface area contributed by atoms with Gasteiger partial charge in [0.1, 0.15) is 17.4 Å². The van der Waals surface area contributed by atoms with Gasteiger partial charge in [0.15, 0.2) is 0 Å². The number of carbonyl (C=O) groups is 1. The largest absolute Gasteiger partial charge is 0.485 e. The number of rotatable bonds is 8. The van der Waals surface area contributed by atoms with Crippen LogP contribution in [0.1, 0.15) is 16.4 Å². The summed E-state index contributed by atoms with van der Waals surface area (Å²) in [5.41, 5.74) is 1.70. The number of nitrogens with one attached hydrogen (secondary N) is 1. The summed E-state index contributed by atoms with van der Waals surface area (Å²) in [6.45, 7) is 3.32. The van der Waals surface area contributed by atoms with Crippen molar-refractivity contribution >= 4 is 17.2 Å². The van der Waals surface area contributed by atoms with Crippen LogP contribution in [0, 0.1) is 6.92 Å². The third-order valence-electron chi connectivity index (χ3n) is 2.82. The first kappa shape index (κ1) is 16.4. The Bertz CT molecular complexity index is 598. The van der Waals surface area contributed by atoms with Crippen LogP contribution in [0.3, 0.4) is 0 Å². The molecule has 0 atom stereocenters. The summed E-state index contributed by atoms with van der Waals surface area (Å²) < 4.78 is 10.5. The van der Waals surface area contributed by atoms with Crippen molar-refractivity contribution in [3.05, 3.63) is 40.1 Å². The summed E-state index contributed by atoms with van der Waals surface area (Å²) in [6.07, 6.45) is 1.96. The predicted molar refractivity (Wildman–Crippen MR) is 84.0 cm³/mol. The van der Waals surface area contributed by atoms with Crippen LogP contribution in [0.25, 0.3) is 0 Å². The lowest BCUT2D eigenvalue weighted by Gasteiger charge is -2.03. The molecule has 22 heavy (non-hydrogen) atoms.